The maximum Gasteiger partial charge on any atom is 0.244 e. The Balaban J connectivity index is 3.09. The van der Waals surface area contributed by atoms with E-state index >= 15 is 0 Å². The maximum absolute atomic E-state index is 12.5. The molecule has 7 heteroatoms. The first-order valence-electron chi connectivity index (χ1n) is 6.17. The van der Waals surface area contributed by atoms with Gasteiger partial charge in [0, 0.05) is 16.2 Å². The first-order valence-corrected chi connectivity index (χ1v) is 8.83. The van der Waals surface area contributed by atoms with Crippen LogP contribution in [0.5, 0.6) is 0 Å². The fraction of sp³-hybridized carbons (Fsp3) is 0.615. The van der Waals surface area contributed by atoms with Gasteiger partial charge in [-0.15, -0.1) is 0 Å². The third-order valence-corrected chi connectivity index (χ3v) is 5.00. The Labute approximate surface area is 134 Å². The van der Waals surface area contributed by atoms with Gasteiger partial charge in [0.1, 0.15) is 10.0 Å². The van der Waals surface area contributed by atoms with Crippen LogP contribution in [0, 0.1) is 5.41 Å². The lowest BCUT2D eigenvalue weighted by atomic mass is 9.82. The van der Waals surface area contributed by atoms with E-state index in [9.17, 15) is 8.42 Å². The molecule has 0 atom stereocenters. The van der Waals surface area contributed by atoms with Gasteiger partial charge < -0.3 is 0 Å². The molecule has 0 aromatic carbocycles. The van der Waals surface area contributed by atoms with E-state index in [1.807, 2.05) is 13.8 Å². The number of pyridine rings is 1. The number of halogens is 2. The minimum Gasteiger partial charge on any atom is -0.242 e. The monoisotopic (exact) mass is 382 g/mol. The first kappa shape index (κ1) is 17.9. The average Bonchev–Trinajstić information content (AvgIpc) is 2.15. The number of hydrogen-bond acceptors (Lipinski definition) is 3. The SMILES string of the molecule is CC(C)(C)CC(C)(C)NS(=O)(=O)c1cc(Br)cnc1Cl. The third kappa shape index (κ3) is 5.31. The fourth-order valence-corrected chi connectivity index (χ4v) is 4.73. The maximum atomic E-state index is 12.5. The Morgan fingerprint density at radius 1 is 1.30 bits per heavy atom. The van der Waals surface area contributed by atoms with Gasteiger partial charge in [0.05, 0.1) is 0 Å². The van der Waals surface area contributed by atoms with Crippen molar-refractivity contribution in [3.05, 3.63) is 21.9 Å². The topological polar surface area (TPSA) is 59.1 Å². The number of hydrogen-bond donors (Lipinski definition) is 1. The second kappa shape index (κ2) is 5.91. The summed E-state index contributed by atoms with van der Waals surface area (Å²) in [4.78, 5) is 3.83. The van der Waals surface area contributed by atoms with Crippen LogP contribution in [0.25, 0.3) is 0 Å². The van der Waals surface area contributed by atoms with Crippen LogP contribution >= 0.6 is 27.5 Å². The van der Waals surface area contributed by atoms with Gasteiger partial charge in [-0.2, -0.15) is 0 Å². The lowest BCUT2D eigenvalue weighted by Gasteiger charge is -2.33. The Morgan fingerprint density at radius 3 is 2.35 bits per heavy atom. The van der Waals surface area contributed by atoms with E-state index in [1.54, 1.807) is 0 Å². The van der Waals surface area contributed by atoms with E-state index in [0.717, 1.165) is 0 Å². The van der Waals surface area contributed by atoms with Gasteiger partial charge in [0.15, 0.2) is 0 Å². The summed E-state index contributed by atoms with van der Waals surface area (Å²) in [6, 6.07) is 1.45. The van der Waals surface area contributed by atoms with Crippen LogP contribution in [-0.4, -0.2) is 18.9 Å². The highest BCUT2D eigenvalue weighted by Gasteiger charge is 2.31. The average molecular weight is 384 g/mol. The zero-order valence-electron chi connectivity index (χ0n) is 12.3. The van der Waals surface area contributed by atoms with E-state index < -0.39 is 15.6 Å². The molecule has 0 bridgehead atoms. The highest BCUT2D eigenvalue weighted by Crippen LogP contribution is 2.29. The Morgan fingerprint density at radius 2 is 1.85 bits per heavy atom. The lowest BCUT2D eigenvalue weighted by molar-refractivity contribution is 0.269. The smallest absolute Gasteiger partial charge is 0.242 e. The van der Waals surface area contributed by atoms with E-state index in [0.29, 0.717) is 10.9 Å². The quantitative estimate of drug-likeness (QED) is 0.800. The zero-order chi connectivity index (χ0) is 15.8. The van der Waals surface area contributed by atoms with Gasteiger partial charge in [-0.1, -0.05) is 32.4 Å². The molecule has 0 saturated carbocycles. The summed E-state index contributed by atoms with van der Waals surface area (Å²) in [5.41, 5.74) is -0.575. The number of rotatable bonds is 4. The van der Waals surface area contributed by atoms with Crippen LogP contribution in [0.15, 0.2) is 21.6 Å². The molecule has 0 aliphatic carbocycles. The molecule has 0 aliphatic heterocycles. The lowest BCUT2D eigenvalue weighted by Crippen LogP contribution is -2.45. The third-order valence-electron chi connectivity index (χ3n) is 2.45. The van der Waals surface area contributed by atoms with Gasteiger partial charge in [-0.05, 0) is 47.7 Å². The predicted molar refractivity (Wildman–Crippen MR) is 85.4 cm³/mol. The van der Waals surface area contributed by atoms with Crippen LogP contribution < -0.4 is 4.72 Å². The molecule has 0 saturated heterocycles. The van der Waals surface area contributed by atoms with Crippen molar-refractivity contribution in [3.8, 4) is 0 Å². The molecule has 1 aromatic rings. The molecule has 1 rings (SSSR count). The second-order valence-electron chi connectivity index (χ2n) is 6.67. The molecular weight excluding hydrogens is 364 g/mol. The van der Waals surface area contributed by atoms with Crippen molar-refractivity contribution >= 4 is 37.6 Å². The van der Waals surface area contributed by atoms with Crippen molar-refractivity contribution < 1.29 is 8.42 Å². The van der Waals surface area contributed by atoms with Crippen LogP contribution in [0.2, 0.25) is 5.15 Å². The molecule has 0 radical (unpaired) electrons. The minimum absolute atomic E-state index is 0.00529. The first-order chi connectivity index (χ1) is 8.82. The summed E-state index contributed by atoms with van der Waals surface area (Å²) in [6.45, 7) is 9.91. The van der Waals surface area contributed by atoms with E-state index in [2.05, 4.69) is 46.4 Å². The summed E-state index contributed by atoms with van der Waals surface area (Å²) in [5, 5.41) is -0.0349. The van der Waals surface area contributed by atoms with Crippen molar-refractivity contribution in [2.45, 2.75) is 51.5 Å². The van der Waals surface area contributed by atoms with E-state index in [4.69, 9.17) is 11.6 Å². The van der Waals surface area contributed by atoms with Crippen molar-refractivity contribution in [1.29, 1.82) is 0 Å². The molecule has 4 nitrogen and oxygen atoms in total. The largest absolute Gasteiger partial charge is 0.244 e. The van der Waals surface area contributed by atoms with Crippen molar-refractivity contribution in [2.75, 3.05) is 0 Å². The Kier molecular flexibility index (Phi) is 5.28. The van der Waals surface area contributed by atoms with Gasteiger partial charge >= 0.3 is 0 Å². The molecule has 114 valence electrons. The van der Waals surface area contributed by atoms with Crippen LogP contribution in [0.3, 0.4) is 0 Å². The van der Waals surface area contributed by atoms with Crippen LogP contribution in [-0.2, 0) is 10.0 Å². The Hall–Kier alpha value is -0.170. The molecule has 1 aromatic heterocycles. The highest BCUT2D eigenvalue weighted by atomic mass is 79.9. The van der Waals surface area contributed by atoms with Crippen LogP contribution in [0.1, 0.15) is 41.0 Å². The summed E-state index contributed by atoms with van der Waals surface area (Å²) in [7, 11) is -3.72. The predicted octanol–water partition coefficient (Wildman–Crippen LogP) is 3.99. The molecule has 0 amide bonds. The molecule has 0 spiro atoms. The Bertz CT molecular complexity index is 595. The number of aromatic nitrogens is 1. The van der Waals surface area contributed by atoms with Crippen molar-refractivity contribution in [2.24, 2.45) is 5.41 Å². The zero-order valence-corrected chi connectivity index (χ0v) is 15.4. The fourth-order valence-electron chi connectivity index (χ4n) is 2.37. The molecular formula is C13H20BrClN2O2S. The number of nitrogens with zero attached hydrogens (tertiary/aromatic N) is 1. The molecule has 0 unspecified atom stereocenters. The van der Waals surface area contributed by atoms with Crippen LogP contribution in [0.4, 0.5) is 0 Å². The standard InChI is InChI=1S/C13H20BrClN2O2S/c1-12(2,3)8-13(4,5)17-20(18,19)10-6-9(14)7-16-11(10)15/h6-7,17H,8H2,1-5H3. The molecule has 0 fully saturated rings. The van der Waals surface area contributed by atoms with Gasteiger partial charge in [-0.25, -0.2) is 18.1 Å². The van der Waals surface area contributed by atoms with E-state index in [1.165, 1.54) is 12.3 Å². The second-order valence-corrected chi connectivity index (χ2v) is 9.59. The van der Waals surface area contributed by atoms with Gasteiger partial charge in [-0.3, -0.25) is 0 Å². The summed E-state index contributed by atoms with van der Waals surface area (Å²) < 4.78 is 28.2. The molecule has 20 heavy (non-hydrogen) atoms. The van der Waals surface area contributed by atoms with E-state index in [-0.39, 0.29) is 15.5 Å². The molecule has 1 N–H and O–H groups in total. The molecule has 1 heterocycles. The summed E-state index contributed by atoms with van der Waals surface area (Å²) in [5.74, 6) is 0. The minimum atomic E-state index is -3.72. The summed E-state index contributed by atoms with van der Waals surface area (Å²) in [6.07, 6.45) is 2.15. The number of sulfonamides is 1. The highest BCUT2D eigenvalue weighted by molar-refractivity contribution is 9.10. The van der Waals surface area contributed by atoms with Crippen molar-refractivity contribution in [1.82, 2.24) is 9.71 Å². The van der Waals surface area contributed by atoms with Gasteiger partial charge in [0.25, 0.3) is 0 Å². The number of nitrogens with one attached hydrogen (secondary N) is 1. The van der Waals surface area contributed by atoms with Gasteiger partial charge in [0.2, 0.25) is 10.0 Å². The molecule has 0 aliphatic rings. The normalized spacial score (nSPS) is 13.6. The van der Waals surface area contributed by atoms with Crippen molar-refractivity contribution in [3.63, 3.8) is 0 Å². The summed E-state index contributed by atoms with van der Waals surface area (Å²) >= 11 is 9.10.